The Bertz CT molecular complexity index is 290. The van der Waals surface area contributed by atoms with Crippen LogP contribution in [0.15, 0.2) is 24.3 Å². The molecule has 2 nitrogen and oxygen atoms in total. The van der Waals surface area contributed by atoms with Crippen LogP contribution in [0.4, 0.5) is 0 Å². The molecule has 1 rings (SSSR count). The van der Waals surface area contributed by atoms with Crippen LogP contribution in [0.2, 0.25) is 5.02 Å². The minimum Gasteiger partial charge on any atom is -0.385 e. The van der Waals surface area contributed by atoms with Crippen molar-refractivity contribution < 1.29 is 9.47 Å². The monoisotopic (exact) mass is 354 g/mol. The molecule has 0 N–H and O–H groups in total. The van der Waals surface area contributed by atoms with Gasteiger partial charge in [0.25, 0.3) is 0 Å². The number of hydrogen-bond acceptors (Lipinski definition) is 2. The van der Waals surface area contributed by atoms with E-state index >= 15 is 0 Å². The fourth-order valence-electron chi connectivity index (χ4n) is 1.34. The summed E-state index contributed by atoms with van der Waals surface area (Å²) in [5.74, 6) is 0. The first-order chi connectivity index (χ1) is 7.77. The molecular weight excluding hydrogens is 338 g/mol. The van der Waals surface area contributed by atoms with E-state index < -0.39 is 0 Å². The molecular formula is C12H16ClIO2. The Morgan fingerprint density at radius 3 is 2.50 bits per heavy atom. The molecule has 16 heavy (non-hydrogen) atoms. The second-order valence-electron chi connectivity index (χ2n) is 3.41. The maximum atomic E-state index is 5.85. The predicted molar refractivity (Wildman–Crippen MR) is 75.5 cm³/mol. The third kappa shape index (κ3) is 4.99. The van der Waals surface area contributed by atoms with Gasteiger partial charge in [0.1, 0.15) is 0 Å². The second-order valence-corrected chi connectivity index (χ2v) is 4.73. The summed E-state index contributed by atoms with van der Waals surface area (Å²) in [5, 5.41) is 0.760. The molecule has 0 spiro atoms. The molecule has 0 aliphatic carbocycles. The molecule has 0 radical (unpaired) electrons. The van der Waals surface area contributed by atoms with E-state index in [1.54, 1.807) is 7.11 Å². The van der Waals surface area contributed by atoms with Crippen molar-refractivity contribution in [1.82, 2.24) is 0 Å². The normalized spacial score (nSPS) is 12.7. The first-order valence-corrected chi connectivity index (χ1v) is 7.10. The number of alkyl halides is 1. The van der Waals surface area contributed by atoms with Crippen molar-refractivity contribution in [3.63, 3.8) is 0 Å². The van der Waals surface area contributed by atoms with Crippen molar-refractivity contribution in [3.8, 4) is 0 Å². The zero-order chi connectivity index (χ0) is 11.8. The van der Waals surface area contributed by atoms with Gasteiger partial charge in [0, 0.05) is 29.8 Å². The highest BCUT2D eigenvalue weighted by molar-refractivity contribution is 14.1. The Morgan fingerprint density at radius 1 is 1.25 bits per heavy atom. The molecule has 1 aromatic rings. The number of methoxy groups -OCH3 is 1. The number of rotatable bonds is 7. The minimum atomic E-state index is 0.148. The van der Waals surface area contributed by atoms with Gasteiger partial charge in [-0.05, 0) is 24.1 Å². The van der Waals surface area contributed by atoms with Gasteiger partial charge in [0.2, 0.25) is 0 Å². The average Bonchev–Trinajstić information content (AvgIpc) is 2.31. The van der Waals surface area contributed by atoms with Crippen LogP contribution in [0.25, 0.3) is 0 Å². The van der Waals surface area contributed by atoms with Crippen LogP contribution < -0.4 is 0 Å². The number of ether oxygens (including phenoxy) is 2. The van der Waals surface area contributed by atoms with Gasteiger partial charge in [0.15, 0.2) is 0 Å². The summed E-state index contributed by atoms with van der Waals surface area (Å²) in [5.41, 5.74) is 1.18. The molecule has 0 aliphatic rings. The van der Waals surface area contributed by atoms with Crippen LogP contribution in [0.5, 0.6) is 0 Å². The lowest BCUT2D eigenvalue weighted by molar-refractivity contribution is 0.0542. The fraction of sp³-hybridized carbons (Fsp3) is 0.500. The summed E-state index contributed by atoms with van der Waals surface area (Å²) in [6, 6.07) is 7.83. The second kappa shape index (κ2) is 8.28. The third-order valence-electron chi connectivity index (χ3n) is 2.19. The highest BCUT2D eigenvalue weighted by Crippen LogP contribution is 2.22. The fourth-order valence-corrected chi connectivity index (χ4v) is 2.22. The molecule has 0 amide bonds. The molecule has 1 aromatic carbocycles. The predicted octanol–water partition coefficient (Wildman–Crippen LogP) is 3.87. The summed E-state index contributed by atoms with van der Waals surface area (Å²) in [7, 11) is 1.70. The smallest absolute Gasteiger partial charge is 0.0914 e. The molecule has 4 heteroatoms. The van der Waals surface area contributed by atoms with Crippen LogP contribution in [-0.2, 0) is 9.47 Å². The molecule has 0 saturated carbocycles. The number of benzene rings is 1. The quantitative estimate of drug-likeness (QED) is 0.420. The van der Waals surface area contributed by atoms with E-state index in [-0.39, 0.29) is 6.10 Å². The lowest BCUT2D eigenvalue weighted by atomic mass is 10.1. The van der Waals surface area contributed by atoms with Crippen molar-refractivity contribution in [2.75, 3.05) is 24.8 Å². The molecule has 0 aromatic heterocycles. The molecule has 90 valence electrons. The van der Waals surface area contributed by atoms with Crippen molar-refractivity contribution >= 4 is 34.2 Å². The summed E-state index contributed by atoms with van der Waals surface area (Å²) < 4.78 is 11.7. The van der Waals surface area contributed by atoms with Crippen molar-refractivity contribution in [3.05, 3.63) is 34.9 Å². The molecule has 0 aliphatic heterocycles. The van der Waals surface area contributed by atoms with Gasteiger partial charge in [-0.15, -0.1) is 0 Å². The van der Waals surface area contributed by atoms with Crippen molar-refractivity contribution in [2.24, 2.45) is 0 Å². The van der Waals surface area contributed by atoms with E-state index in [1.165, 1.54) is 5.56 Å². The Labute approximate surface area is 115 Å². The van der Waals surface area contributed by atoms with Gasteiger partial charge in [-0.3, -0.25) is 0 Å². The Hall–Kier alpha value is 0.160. The Balaban J connectivity index is 2.44. The molecule has 1 unspecified atom stereocenters. The van der Waals surface area contributed by atoms with Gasteiger partial charge in [-0.1, -0.05) is 46.3 Å². The van der Waals surface area contributed by atoms with E-state index in [0.717, 1.165) is 29.1 Å². The van der Waals surface area contributed by atoms with Gasteiger partial charge in [-0.25, -0.2) is 0 Å². The molecule has 0 fully saturated rings. The lowest BCUT2D eigenvalue weighted by Crippen LogP contribution is -2.08. The highest BCUT2D eigenvalue weighted by Gasteiger charge is 2.09. The maximum Gasteiger partial charge on any atom is 0.0914 e. The van der Waals surface area contributed by atoms with Gasteiger partial charge >= 0.3 is 0 Å². The zero-order valence-corrected chi connectivity index (χ0v) is 12.2. The van der Waals surface area contributed by atoms with Gasteiger partial charge in [0.05, 0.1) is 6.10 Å². The van der Waals surface area contributed by atoms with E-state index in [4.69, 9.17) is 21.1 Å². The summed E-state index contributed by atoms with van der Waals surface area (Å²) in [6.07, 6.45) is 1.08. The van der Waals surface area contributed by atoms with E-state index in [0.29, 0.717) is 0 Å². The molecule has 1 atom stereocenters. The SMILES string of the molecule is COCCCOC(CI)c1ccc(Cl)cc1. The highest BCUT2D eigenvalue weighted by atomic mass is 127. The van der Waals surface area contributed by atoms with Crippen LogP contribution in [-0.4, -0.2) is 24.8 Å². The van der Waals surface area contributed by atoms with Gasteiger partial charge < -0.3 is 9.47 Å². The first-order valence-electron chi connectivity index (χ1n) is 5.20. The van der Waals surface area contributed by atoms with Crippen LogP contribution in [0, 0.1) is 0 Å². The number of hydrogen-bond donors (Lipinski definition) is 0. The molecule has 0 heterocycles. The van der Waals surface area contributed by atoms with E-state index in [1.807, 2.05) is 24.3 Å². The van der Waals surface area contributed by atoms with Crippen LogP contribution in [0.3, 0.4) is 0 Å². The first kappa shape index (κ1) is 14.2. The summed E-state index contributed by atoms with van der Waals surface area (Å²) in [6.45, 7) is 1.47. The maximum absolute atomic E-state index is 5.85. The lowest BCUT2D eigenvalue weighted by Gasteiger charge is -2.15. The summed E-state index contributed by atoms with van der Waals surface area (Å²) >= 11 is 8.18. The van der Waals surface area contributed by atoms with Gasteiger partial charge in [-0.2, -0.15) is 0 Å². The van der Waals surface area contributed by atoms with Crippen LogP contribution >= 0.6 is 34.2 Å². The van der Waals surface area contributed by atoms with E-state index in [2.05, 4.69) is 22.6 Å². The van der Waals surface area contributed by atoms with Crippen LogP contribution in [0.1, 0.15) is 18.1 Å². The average molecular weight is 355 g/mol. The standard InChI is InChI=1S/C12H16ClIO2/c1-15-7-2-8-16-12(9-14)10-3-5-11(13)6-4-10/h3-6,12H,2,7-9H2,1H3. The van der Waals surface area contributed by atoms with Crippen molar-refractivity contribution in [1.29, 1.82) is 0 Å². The zero-order valence-electron chi connectivity index (χ0n) is 9.29. The largest absolute Gasteiger partial charge is 0.385 e. The number of halogens is 2. The van der Waals surface area contributed by atoms with E-state index in [9.17, 15) is 0 Å². The third-order valence-corrected chi connectivity index (χ3v) is 3.25. The summed E-state index contributed by atoms with van der Waals surface area (Å²) in [4.78, 5) is 0. The molecule has 0 saturated heterocycles. The minimum absolute atomic E-state index is 0.148. The molecule has 0 bridgehead atoms. The topological polar surface area (TPSA) is 18.5 Å². The Kier molecular flexibility index (Phi) is 7.36. The van der Waals surface area contributed by atoms with Crippen molar-refractivity contribution in [2.45, 2.75) is 12.5 Å². The Morgan fingerprint density at radius 2 is 1.94 bits per heavy atom.